The molecule has 0 heterocycles. The Kier molecular flexibility index (Phi) is 5.21. The molecule has 1 unspecified atom stereocenters. The fourth-order valence-corrected chi connectivity index (χ4v) is 2.45. The first-order valence-corrected chi connectivity index (χ1v) is 7.43. The average Bonchev–Trinajstić information content (AvgIpc) is 2.49. The fraction of sp³-hybridized carbons (Fsp3) is 0.294. The monoisotopic (exact) mass is 306 g/mol. The van der Waals surface area contributed by atoms with Crippen LogP contribution < -0.4 is 10.6 Å². The van der Waals surface area contributed by atoms with E-state index in [0.29, 0.717) is 10.7 Å². The fourth-order valence-electron chi connectivity index (χ4n) is 2.20. The maximum Gasteiger partial charge on any atom is 0.146 e. The van der Waals surface area contributed by atoms with E-state index in [4.69, 9.17) is 17.3 Å². The third-order valence-electron chi connectivity index (χ3n) is 3.64. The van der Waals surface area contributed by atoms with Crippen LogP contribution in [0.2, 0.25) is 5.02 Å². The molecule has 4 heteroatoms. The van der Waals surface area contributed by atoms with Gasteiger partial charge in [0, 0.05) is 23.8 Å². The van der Waals surface area contributed by atoms with Crippen LogP contribution in [0.5, 0.6) is 0 Å². The number of rotatable bonds is 5. The maximum absolute atomic E-state index is 13.8. The molecular weight excluding hydrogens is 287 g/mol. The van der Waals surface area contributed by atoms with Gasteiger partial charge in [0.2, 0.25) is 0 Å². The van der Waals surface area contributed by atoms with Gasteiger partial charge in [0.1, 0.15) is 5.82 Å². The summed E-state index contributed by atoms with van der Waals surface area (Å²) >= 11 is 6.33. The zero-order valence-electron chi connectivity index (χ0n) is 12.3. The summed E-state index contributed by atoms with van der Waals surface area (Å²) in [4.78, 5) is 1.78. The minimum absolute atomic E-state index is 0.109. The lowest BCUT2D eigenvalue weighted by Gasteiger charge is -2.21. The van der Waals surface area contributed by atoms with Crippen LogP contribution in [0.25, 0.3) is 0 Å². The molecular formula is C17H20ClFN2. The molecule has 0 aliphatic carbocycles. The van der Waals surface area contributed by atoms with E-state index in [1.165, 1.54) is 6.07 Å². The molecule has 112 valence electrons. The van der Waals surface area contributed by atoms with Crippen molar-refractivity contribution < 1.29 is 4.39 Å². The van der Waals surface area contributed by atoms with E-state index >= 15 is 0 Å². The Labute approximate surface area is 130 Å². The summed E-state index contributed by atoms with van der Waals surface area (Å²) in [6.45, 7) is 2.05. The van der Waals surface area contributed by atoms with Crippen molar-refractivity contribution in [1.29, 1.82) is 0 Å². The highest BCUT2D eigenvalue weighted by molar-refractivity contribution is 6.31. The Hall–Kier alpha value is -1.58. The summed E-state index contributed by atoms with van der Waals surface area (Å²) in [6.07, 6.45) is 1.66. The summed E-state index contributed by atoms with van der Waals surface area (Å²) in [5.74, 6) is -0.256. The molecule has 0 saturated heterocycles. The van der Waals surface area contributed by atoms with E-state index in [1.54, 1.807) is 17.0 Å². The number of anilines is 2. The predicted octanol–water partition coefficient (Wildman–Crippen LogP) is 4.53. The lowest BCUT2D eigenvalue weighted by atomic mass is 10.0. The summed E-state index contributed by atoms with van der Waals surface area (Å²) in [5.41, 5.74) is 8.35. The van der Waals surface area contributed by atoms with Gasteiger partial charge in [-0.2, -0.15) is 0 Å². The van der Waals surface area contributed by atoms with Gasteiger partial charge in [-0.25, -0.2) is 4.39 Å². The van der Waals surface area contributed by atoms with Gasteiger partial charge in [0.05, 0.1) is 5.69 Å². The first-order chi connectivity index (χ1) is 10.0. The Balaban J connectivity index is 2.26. The quantitative estimate of drug-likeness (QED) is 0.879. The molecule has 0 spiro atoms. The summed E-state index contributed by atoms with van der Waals surface area (Å²) in [6, 6.07) is 12.5. The van der Waals surface area contributed by atoms with Crippen molar-refractivity contribution in [3.05, 3.63) is 58.9 Å². The van der Waals surface area contributed by atoms with E-state index in [9.17, 15) is 4.39 Å². The minimum Gasteiger partial charge on any atom is -0.342 e. The molecule has 1 atom stereocenters. The van der Waals surface area contributed by atoms with E-state index in [0.717, 1.165) is 24.1 Å². The highest BCUT2D eigenvalue weighted by Crippen LogP contribution is 2.30. The van der Waals surface area contributed by atoms with Crippen molar-refractivity contribution in [2.45, 2.75) is 25.8 Å². The number of halogens is 2. The second-order valence-electron chi connectivity index (χ2n) is 5.16. The third-order valence-corrected chi connectivity index (χ3v) is 4.00. The van der Waals surface area contributed by atoms with Crippen molar-refractivity contribution >= 4 is 23.0 Å². The predicted molar refractivity (Wildman–Crippen MR) is 87.9 cm³/mol. The van der Waals surface area contributed by atoms with Gasteiger partial charge < -0.3 is 10.6 Å². The summed E-state index contributed by atoms with van der Waals surface area (Å²) in [7, 11) is 1.82. The van der Waals surface area contributed by atoms with Gasteiger partial charge in [-0.15, -0.1) is 0 Å². The number of benzene rings is 2. The molecule has 2 aromatic carbocycles. The van der Waals surface area contributed by atoms with Crippen molar-refractivity contribution in [3.8, 4) is 0 Å². The highest BCUT2D eigenvalue weighted by atomic mass is 35.5. The van der Waals surface area contributed by atoms with Gasteiger partial charge in [-0.3, -0.25) is 0 Å². The molecule has 0 radical (unpaired) electrons. The number of nitrogens with two attached hydrogens (primary N) is 1. The normalized spacial score (nSPS) is 12.2. The van der Waals surface area contributed by atoms with Crippen LogP contribution in [0.3, 0.4) is 0 Å². The van der Waals surface area contributed by atoms with E-state index in [-0.39, 0.29) is 11.9 Å². The first kappa shape index (κ1) is 15.8. The standard InChI is InChI=1S/C17H20ClFN2/c1-3-13(20)10-12-8-9-14(11-15(12)18)21(2)17-7-5-4-6-16(17)19/h4-9,11,13H,3,10,20H2,1-2H3. The Morgan fingerprint density at radius 2 is 1.95 bits per heavy atom. The van der Waals surface area contributed by atoms with Crippen molar-refractivity contribution in [3.63, 3.8) is 0 Å². The summed E-state index contributed by atoms with van der Waals surface area (Å²) < 4.78 is 13.8. The van der Waals surface area contributed by atoms with Crippen LogP contribution in [-0.4, -0.2) is 13.1 Å². The molecule has 0 saturated carbocycles. The molecule has 0 aliphatic heterocycles. The van der Waals surface area contributed by atoms with E-state index in [1.807, 2.05) is 31.3 Å². The lowest BCUT2D eigenvalue weighted by molar-refractivity contribution is 0.627. The molecule has 2 nitrogen and oxygen atoms in total. The molecule has 2 N–H and O–H groups in total. The second kappa shape index (κ2) is 6.92. The van der Waals surface area contributed by atoms with Crippen LogP contribution >= 0.6 is 11.6 Å². The van der Waals surface area contributed by atoms with Gasteiger partial charge in [-0.1, -0.05) is 36.7 Å². The topological polar surface area (TPSA) is 29.3 Å². The molecule has 2 aromatic rings. The van der Waals surface area contributed by atoms with Crippen molar-refractivity contribution in [1.82, 2.24) is 0 Å². The van der Waals surface area contributed by atoms with E-state index < -0.39 is 0 Å². The molecule has 0 bridgehead atoms. The van der Waals surface area contributed by atoms with Gasteiger partial charge in [0.15, 0.2) is 0 Å². The number of hydrogen-bond acceptors (Lipinski definition) is 2. The lowest BCUT2D eigenvalue weighted by Crippen LogP contribution is -2.21. The zero-order valence-corrected chi connectivity index (χ0v) is 13.1. The van der Waals surface area contributed by atoms with Crippen LogP contribution in [0.15, 0.2) is 42.5 Å². The SMILES string of the molecule is CCC(N)Cc1ccc(N(C)c2ccccc2F)cc1Cl. The van der Waals surface area contributed by atoms with Crippen molar-refractivity contribution in [2.24, 2.45) is 5.73 Å². The Morgan fingerprint density at radius 1 is 1.24 bits per heavy atom. The molecule has 21 heavy (non-hydrogen) atoms. The molecule has 0 amide bonds. The second-order valence-corrected chi connectivity index (χ2v) is 5.57. The summed E-state index contributed by atoms with van der Waals surface area (Å²) in [5, 5.41) is 0.666. The largest absolute Gasteiger partial charge is 0.342 e. The van der Waals surface area contributed by atoms with Crippen LogP contribution in [0.4, 0.5) is 15.8 Å². The number of para-hydroxylation sites is 1. The Bertz CT molecular complexity index is 615. The molecule has 0 aromatic heterocycles. The third kappa shape index (κ3) is 3.74. The maximum atomic E-state index is 13.8. The molecule has 2 rings (SSSR count). The molecule has 0 aliphatic rings. The highest BCUT2D eigenvalue weighted by Gasteiger charge is 2.11. The average molecular weight is 307 g/mol. The molecule has 0 fully saturated rings. The zero-order chi connectivity index (χ0) is 15.4. The van der Waals surface area contributed by atoms with Gasteiger partial charge >= 0.3 is 0 Å². The first-order valence-electron chi connectivity index (χ1n) is 7.05. The van der Waals surface area contributed by atoms with Crippen LogP contribution in [0, 0.1) is 5.82 Å². The van der Waals surface area contributed by atoms with Gasteiger partial charge in [-0.05, 0) is 42.7 Å². The van der Waals surface area contributed by atoms with Crippen molar-refractivity contribution in [2.75, 3.05) is 11.9 Å². The van der Waals surface area contributed by atoms with Crippen LogP contribution in [-0.2, 0) is 6.42 Å². The van der Waals surface area contributed by atoms with Crippen LogP contribution in [0.1, 0.15) is 18.9 Å². The van der Waals surface area contributed by atoms with Gasteiger partial charge in [0.25, 0.3) is 0 Å². The Morgan fingerprint density at radius 3 is 2.57 bits per heavy atom. The number of nitrogens with zero attached hydrogens (tertiary/aromatic N) is 1. The van der Waals surface area contributed by atoms with E-state index in [2.05, 4.69) is 6.92 Å². The minimum atomic E-state index is -0.256. The number of hydrogen-bond donors (Lipinski definition) is 1. The smallest absolute Gasteiger partial charge is 0.146 e.